The van der Waals surface area contributed by atoms with Gasteiger partial charge in [-0.05, 0) is 36.8 Å². The lowest BCUT2D eigenvalue weighted by Crippen LogP contribution is -2.51. The van der Waals surface area contributed by atoms with Crippen LogP contribution >= 0.6 is 0 Å². The molecule has 4 rings (SSSR count). The predicted octanol–water partition coefficient (Wildman–Crippen LogP) is 3.00. The Morgan fingerprint density at radius 2 is 1.55 bits per heavy atom. The van der Waals surface area contributed by atoms with Gasteiger partial charge in [0, 0.05) is 5.56 Å². The number of benzene rings is 3. The fourth-order valence-electron chi connectivity index (χ4n) is 3.52. The molecule has 0 bridgehead atoms. The van der Waals surface area contributed by atoms with Crippen LogP contribution in [0, 0.1) is 0 Å². The maximum absolute atomic E-state index is 13.2. The smallest absolute Gasteiger partial charge is 0.332 e. The summed E-state index contributed by atoms with van der Waals surface area (Å²) in [6.45, 7) is 2.33. The van der Waals surface area contributed by atoms with E-state index in [2.05, 4.69) is 4.98 Å². The summed E-state index contributed by atoms with van der Waals surface area (Å²) in [5, 5.41) is 1.99. The van der Waals surface area contributed by atoms with E-state index in [4.69, 9.17) is 4.74 Å². The van der Waals surface area contributed by atoms with Gasteiger partial charge in [-0.25, -0.2) is 14.2 Å². The Balaban J connectivity index is 1.69. The first-order chi connectivity index (χ1) is 14.8. The van der Waals surface area contributed by atoms with E-state index in [0.29, 0.717) is 11.1 Å². The molecule has 0 saturated heterocycles. The Hall–Kier alpha value is -4.00. The molecule has 0 fully saturated rings. The Morgan fingerprint density at radius 1 is 0.935 bits per heavy atom. The number of carbonyl (C=O) groups excluding carboxylic acids is 2. The molecule has 1 heterocycles. The van der Waals surface area contributed by atoms with Crippen molar-refractivity contribution in [1.29, 1.82) is 0 Å². The zero-order chi connectivity index (χ0) is 22.2. The minimum atomic E-state index is -1.62. The minimum Gasteiger partial charge on any atom is -0.456 e. The molecule has 0 aliphatic heterocycles. The lowest BCUT2D eigenvalue weighted by atomic mass is 10.0. The van der Waals surface area contributed by atoms with E-state index in [1.54, 1.807) is 42.5 Å². The van der Waals surface area contributed by atoms with E-state index in [1.165, 1.54) is 13.8 Å². The van der Waals surface area contributed by atoms with Gasteiger partial charge in [0.1, 0.15) is 5.54 Å². The van der Waals surface area contributed by atoms with Crippen molar-refractivity contribution in [1.82, 2.24) is 9.55 Å². The number of hydrogen-bond acceptors (Lipinski definition) is 5. The highest BCUT2D eigenvalue weighted by Gasteiger charge is 2.35. The third-order valence-electron chi connectivity index (χ3n) is 5.25. The Bertz CT molecular complexity index is 1430. The number of nitrogens with one attached hydrogen (secondary N) is 1. The Morgan fingerprint density at radius 3 is 2.23 bits per heavy atom. The number of fused-ring (bicyclic) bond motifs is 2. The number of Topliss-reactive ketones (excluding diaryl/α,β-unsaturated/α-hetero) is 1. The molecule has 0 unspecified atom stereocenters. The number of ether oxygens (including phenoxy) is 1. The largest absolute Gasteiger partial charge is 0.456 e. The van der Waals surface area contributed by atoms with E-state index >= 15 is 0 Å². The second-order valence-electron chi connectivity index (χ2n) is 7.74. The molecule has 0 atom stereocenters. The number of H-pyrrole nitrogens is 1. The summed E-state index contributed by atoms with van der Waals surface area (Å²) in [6, 6.07) is 19.3. The number of carbonyl (C=O) groups is 2. The molecule has 0 aliphatic carbocycles. The van der Waals surface area contributed by atoms with Gasteiger partial charge < -0.3 is 9.72 Å². The van der Waals surface area contributed by atoms with Gasteiger partial charge in [-0.15, -0.1) is 0 Å². The van der Waals surface area contributed by atoms with Gasteiger partial charge in [0.05, 0.1) is 10.9 Å². The molecule has 0 radical (unpaired) electrons. The van der Waals surface area contributed by atoms with Crippen LogP contribution in [0.4, 0.5) is 0 Å². The third kappa shape index (κ3) is 3.66. The van der Waals surface area contributed by atoms with Gasteiger partial charge in [0.15, 0.2) is 12.4 Å². The molecule has 0 amide bonds. The average molecular weight is 416 g/mol. The van der Waals surface area contributed by atoms with Crippen LogP contribution in [0.3, 0.4) is 0 Å². The molecule has 0 spiro atoms. The molecule has 3 aromatic carbocycles. The van der Waals surface area contributed by atoms with Gasteiger partial charge >= 0.3 is 11.7 Å². The van der Waals surface area contributed by atoms with Gasteiger partial charge in [0.25, 0.3) is 5.56 Å². The molecule has 0 aliphatic rings. The van der Waals surface area contributed by atoms with E-state index in [0.717, 1.165) is 15.3 Å². The SMILES string of the molecule is CC(C)(C(=O)OCC(=O)c1ccccc1)n1c(=O)[nH]c2cc3ccccc3cc2c1=O. The number of ketones is 1. The van der Waals surface area contributed by atoms with Crippen LogP contribution in [0.15, 0.2) is 76.3 Å². The van der Waals surface area contributed by atoms with Crippen LogP contribution in [0.2, 0.25) is 0 Å². The molecule has 0 saturated carbocycles. The highest BCUT2D eigenvalue weighted by Crippen LogP contribution is 2.20. The second kappa shape index (κ2) is 7.68. The van der Waals surface area contributed by atoms with Crippen molar-refractivity contribution in [2.24, 2.45) is 0 Å². The predicted molar refractivity (Wildman–Crippen MR) is 117 cm³/mol. The lowest BCUT2D eigenvalue weighted by molar-refractivity contribution is -0.151. The number of hydrogen-bond donors (Lipinski definition) is 1. The fraction of sp³-hybridized carbons (Fsp3) is 0.167. The number of aromatic amines is 1. The second-order valence-corrected chi connectivity index (χ2v) is 7.74. The van der Waals surface area contributed by atoms with E-state index < -0.39 is 29.4 Å². The van der Waals surface area contributed by atoms with Gasteiger partial charge in [-0.3, -0.25) is 9.59 Å². The highest BCUT2D eigenvalue weighted by molar-refractivity contribution is 5.98. The van der Waals surface area contributed by atoms with Crippen molar-refractivity contribution in [2.45, 2.75) is 19.4 Å². The number of aromatic nitrogens is 2. The van der Waals surface area contributed by atoms with Crippen LogP contribution in [-0.2, 0) is 15.1 Å². The molecule has 1 aromatic heterocycles. The van der Waals surface area contributed by atoms with E-state index in [9.17, 15) is 19.2 Å². The zero-order valence-electron chi connectivity index (χ0n) is 17.0. The minimum absolute atomic E-state index is 0.277. The van der Waals surface area contributed by atoms with Crippen molar-refractivity contribution >= 4 is 33.4 Å². The van der Waals surface area contributed by atoms with Crippen molar-refractivity contribution in [3.8, 4) is 0 Å². The van der Waals surface area contributed by atoms with Crippen LogP contribution in [-0.4, -0.2) is 27.9 Å². The maximum Gasteiger partial charge on any atom is 0.332 e. The number of nitrogens with zero attached hydrogens (tertiary/aromatic N) is 1. The van der Waals surface area contributed by atoms with Gasteiger partial charge in [0.2, 0.25) is 0 Å². The average Bonchev–Trinajstić information content (AvgIpc) is 2.76. The summed E-state index contributed by atoms with van der Waals surface area (Å²) in [6.07, 6.45) is 0. The van der Waals surface area contributed by atoms with Crippen LogP contribution in [0.25, 0.3) is 21.7 Å². The van der Waals surface area contributed by atoms with Crippen molar-refractivity contribution < 1.29 is 14.3 Å². The quantitative estimate of drug-likeness (QED) is 0.306. The lowest BCUT2D eigenvalue weighted by Gasteiger charge is -2.24. The first-order valence-electron chi connectivity index (χ1n) is 9.73. The number of rotatable bonds is 5. The first kappa shape index (κ1) is 20.3. The summed E-state index contributed by atoms with van der Waals surface area (Å²) in [5.74, 6) is -1.24. The van der Waals surface area contributed by atoms with Crippen LogP contribution in [0.1, 0.15) is 24.2 Å². The normalized spacial score (nSPS) is 11.5. The van der Waals surface area contributed by atoms with Crippen molar-refractivity contribution in [2.75, 3.05) is 6.61 Å². The molecule has 31 heavy (non-hydrogen) atoms. The Labute approximate surface area is 176 Å². The summed E-state index contributed by atoms with van der Waals surface area (Å²) < 4.78 is 6.00. The van der Waals surface area contributed by atoms with Gasteiger partial charge in [-0.1, -0.05) is 54.6 Å². The number of esters is 1. The van der Waals surface area contributed by atoms with E-state index in [1.807, 2.05) is 24.3 Å². The monoisotopic (exact) mass is 416 g/mol. The Kier molecular flexibility index (Phi) is 5.02. The molecule has 1 N–H and O–H groups in total. The maximum atomic E-state index is 13.2. The molecule has 156 valence electrons. The zero-order valence-corrected chi connectivity index (χ0v) is 17.0. The molecule has 7 heteroatoms. The molecular formula is C24H20N2O5. The molecule has 7 nitrogen and oxygen atoms in total. The van der Waals surface area contributed by atoms with Crippen LogP contribution < -0.4 is 11.2 Å². The first-order valence-corrected chi connectivity index (χ1v) is 9.73. The summed E-state index contributed by atoms with van der Waals surface area (Å²) in [4.78, 5) is 53.6. The molecular weight excluding hydrogens is 396 g/mol. The van der Waals surface area contributed by atoms with Crippen molar-refractivity contribution in [3.05, 3.63) is 93.1 Å². The fourth-order valence-corrected chi connectivity index (χ4v) is 3.52. The van der Waals surface area contributed by atoms with Crippen molar-refractivity contribution in [3.63, 3.8) is 0 Å². The van der Waals surface area contributed by atoms with Gasteiger partial charge in [-0.2, -0.15) is 0 Å². The summed E-state index contributed by atoms with van der Waals surface area (Å²) in [7, 11) is 0. The molecule has 4 aromatic rings. The van der Waals surface area contributed by atoms with E-state index in [-0.39, 0.29) is 11.2 Å². The summed E-state index contributed by atoms with van der Waals surface area (Å²) >= 11 is 0. The van der Waals surface area contributed by atoms with Crippen LogP contribution in [0.5, 0.6) is 0 Å². The third-order valence-corrected chi connectivity index (χ3v) is 5.25. The summed E-state index contributed by atoms with van der Waals surface area (Å²) in [5.41, 5.74) is -2.18. The standard InChI is InChI=1S/C24H20N2O5/c1-24(2,22(29)31-14-20(27)15-8-4-3-5-9-15)26-21(28)18-12-16-10-6-7-11-17(16)13-19(18)25-23(26)30/h3-13H,14H2,1-2H3,(H,25,30). The topological polar surface area (TPSA) is 98.2 Å². The highest BCUT2D eigenvalue weighted by atomic mass is 16.5.